The van der Waals surface area contributed by atoms with Gasteiger partial charge in [-0.2, -0.15) is 11.3 Å². The number of allylic oxidation sites excluding steroid dienone is 17. The number of rotatable bonds is 0. The van der Waals surface area contributed by atoms with Crippen LogP contribution < -0.4 is 0 Å². The van der Waals surface area contributed by atoms with Gasteiger partial charge in [0.05, 0.1) is 34.9 Å². The minimum absolute atomic E-state index is 0. The maximum Gasteiger partial charge on any atom is 0.163 e. The summed E-state index contributed by atoms with van der Waals surface area (Å²) in [5.74, 6) is 3.11. The molecule has 0 unspecified atom stereocenters. The molecule has 9 heterocycles. The van der Waals surface area contributed by atoms with E-state index in [-0.39, 0.29) is 401 Å². The average molecular weight is 2070 g/mol. The van der Waals surface area contributed by atoms with Crippen molar-refractivity contribution in [1.82, 2.24) is 0 Å². The van der Waals surface area contributed by atoms with Crippen LogP contribution in [0.2, 0.25) is 39.3 Å². The molecule has 0 aliphatic carbocycles. The quantitative estimate of drug-likeness (QED) is 0.130. The Kier molecular flexibility index (Phi) is 114. The average Bonchev–Trinajstić information content (AvgIpc) is 4.24. The summed E-state index contributed by atoms with van der Waals surface area (Å²) in [6, 6.07) is 9.66. The number of hydrogen-bond donors (Lipinski definition) is 0. The summed E-state index contributed by atoms with van der Waals surface area (Å²) in [6.07, 6.45) is 11.5. The van der Waals surface area contributed by atoms with Gasteiger partial charge in [0.1, 0.15) is 25.4 Å². The van der Waals surface area contributed by atoms with Gasteiger partial charge in [0, 0.05) is 327 Å². The zero-order chi connectivity index (χ0) is 53.7. The molecule has 5 aliphatic heterocycles. The fraction of sp³-hybridized carbons (Fsp3) is 0.361. The van der Waals surface area contributed by atoms with E-state index >= 15 is 0 Å². The van der Waals surface area contributed by atoms with Gasteiger partial charge in [-0.05, 0) is 184 Å². The van der Waals surface area contributed by atoms with E-state index in [1.807, 2.05) is 68.8 Å². The van der Waals surface area contributed by atoms with E-state index in [1.165, 1.54) is 22.3 Å². The molecule has 9 rings (SSSR count). The monoisotopic (exact) mass is 2070 g/mol. The molecular weight excluding hydrogens is 1950 g/mol. The maximum atomic E-state index is 5.34. The summed E-state index contributed by atoms with van der Waals surface area (Å²) >= 11 is 1.71. The van der Waals surface area contributed by atoms with Crippen molar-refractivity contribution in [3.05, 3.63) is 279 Å². The molecular formula is C72H124O3SSi4Y10-10. The molecule has 0 aromatic carbocycles. The van der Waals surface area contributed by atoms with Gasteiger partial charge in [0.2, 0.25) is 0 Å². The Bertz CT molecular complexity index is 2510. The fourth-order valence-corrected chi connectivity index (χ4v) is 22.3. The summed E-state index contributed by atoms with van der Waals surface area (Å²) in [6.45, 7) is 58.8. The first kappa shape index (κ1) is 147. The van der Waals surface area contributed by atoms with Crippen molar-refractivity contribution in [2.45, 2.75) is 178 Å². The molecule has 0 fully saturated rings. The Balaban J connectivity index is -0.0000000374. The van der Waals surface area contributed by atoms with E-state index in [2.05, 4.69) is 190 Å². The van der Waals surface area contributed by atoms with Gasteiger partial charge in [-0.1, -0.05) is 162 Å². The Labute approximate surface area is 824 Å². The SMILES string of the molecule is CC1=C(C)[Si](C)(C)C(C)=C1C.CC1=C(C)[Si](C)(C)C=C1.CC1=C(C)[Si]2(C(C)=C1C)C(C)=C(C)C(C)=C2C.C[Si]1(C)C=CC=C1.Cc1ccoc1C.Cc1oc(C)c(C)c1C.[CH3-].[CH3-].[CH3-].[CH3-].[CH3-].[CH3-].[CH3-].[CH3-].[CH3-].[CH3-].[Y].[Y].[Y].[Y].[Y].[Y].[Y].[Y].[Y].[Y].c1ccoc1.c1ccsc1. The Morgan fingerprint density at radius 3 is 0.756 bits per heavy atom. The van der Waals surface area contributed by atoms with Crippen LogP contribution in [0.3, 0.4) is 0 Å². The van der Waals surface area contributed by atoms with Crippen molar-refractivity contribution < 1.29 is 340 Å². The number of thiophene rings is 1. The molecule has 0 saturated carbocycles. The molecule has 10 radical (unpaired) electrons. The third-order valence-electron chi connectivity index (χ3n) is 16.6. The zero-order valence-electron chi connectivity index (χ0n) is 64.6. The molecule has 90 heavy (non-hydrogen) atoms. The number of hydrogen-bond acceptors (Lipinski definition) is 4. The zero-order valence-corrected chi connectivity index (χ0v) is 97.8. The third kappa shape index (κ3) is 42.7. The van der Waals surface area contributed by atoms with Crippen LogP contribution in [0.25, 0.3) is 0 Å². The molecule has 492 valence electrons. The first-order valence-electron chi connectivity index (χ1n) is 25.2. The number of furan rings is 3. The van der Waals surface area contributed by atoms with Crippen LogP contribution in [0.1, 0.15) is 131 Å². The van der Waals surface area contributed by atoms with Gasteiger partial charge in [-0.3, -0.25) is 0 Å². The van der Waals surface area contributed by atoms with Crippen LogP contribution in [0, 0.1) is 116 Å². The van der Waals surface area contributed by atoms with E-state index in [4.69, 9.17) is 8.83 Å². The molecule has 0 saturated heterocycles. The van der Waals surface area contributed by atoms with Crippen molar-refractivity contribution in [2.24, 2.45) is 0 Å². The molecule has 0 bridgehead atoms. The van der Waals surface area contributed by atoms with Crippen LogP contribution in [0.5, 0.6) is 0 Å². The Morgan fingerprint density at radius 1 is 0.344 bits per heavy atom. The van der Waals surface area contributed by atoms with Gasteiger partial charge in [-0.25, -0.2) is 0 Å². The van der Waals surface area contributed by atoms with Crippen LogP contribution >= 0.6 is 11.3 Å². The second kappa shape index (κ2) is 70.2. The summed E-state index contributed by atoms with van der Waals surface area (Å²) in [4.78, 5) is 0. The maximum absolute atomic E-state index is 5.34. The van der Waals surface area contributed by atoms with E-state index in [0.29, 0.717) is 0 Å². The van der Waals surface area contributed by atoms with Gasteiger partial charge in [0.15, 0.2) is 8.07 Å². The largest absolute Gasteiger partial charge is 0.473 e. The fourth-order valence-electron chi connectivity index (χ4n) is 9.29. The van der Waals surface area contributed by atoms with E-state index in [9.17, 15) is 0 Å². The van der Waals surface area contributed by atoms with Crippen molar-refractivity contribution in [3.8, 4) is 0 Å². The van der Waals surface area contributed by atoms with Gasteiger partial charge < -0.3 is 87.5 Å². The second-order valence-electron chi connectivity index (χ2n) is 21.5. The summed E-state index contributed by atoms with van der Waals surface area (Å²) < 4.78 is 14.9. The third-order valence-corrected chi connectivity index (χ3v) is 33.1. The summed E-state index contributed by atoms with van der Waals surface area (Å²) in [5, 5.41) is 15.8. The van der Waals surface area contributed by atoms with Gasteiger partial charge >= 0.3 is 0 Å². The second-order valence-corrected chi connectivity index (χ2v) is 40.4. The molecule has 3 nitrogen and oxygen atoms in total. The van der Waals surface area contributed by atoms with Crippen LogP contribution in [-0.2, 0) is 327 Å². The minimum Gasteiger partial charge on any atom is -0.473 e. The smallest absolute Gasteiger partial charge is 0.163 e. The van der Waals surface area contributed by atoms with Gasteiger partial charge in [-0.15, -0.1) is 0 Å². The molecule has 4 aromatic heterocycles. The predicted octanol–water partition coefficient (Wildman–Crippen LogP) is 24.9. The van der Waals surface area contributed by atoms with Crippen LogP contribution in [0.4, 0.5) is 0 Å². The predicted molar refractivity (Wildman–Crippen MR) is 387 cm³/mol. The van der Waals surface area contributed by atoms with E-state index in [1.54, 1.807) is 99.9 Å². The Morgan fingerprint density at radius 2 is 0.644 bits per heavy atom. The molecule has 0 N–H and O–H groups in total. The molecule has 0 atom stereocenters. The van der Waals surface area contributed by atoms with Crippen molar-refractivity contribution >= 4 is 43.6 Å². The summed E-state index contributed by atoms with van der Waals surface area (Å²) in [7, 11) is -4.64. The number of aryl methyl sites for hydroxylation is 4. The first-order chi connectivity index (χ1) is 32.3. The van der Waals surface area contributed by atoms with Crippen LogP contribution in [0.15, 0.2) is 184 Å². The van der Waals surface area contributed by atoms with Gasteiger partial charge in [0.25, 0.3) is 0 Å². The topological polar surface area (TPSA) is 39.4 Å². The standard InChI is InChI=1S/C16H24Si.C10H18Si.C8H12O.C8H14Si.C6H8O.C6H10Si.C4H4O.C4H4S.10CH3.10Y/c1-9-10(2)14(6)17(13(9)5)15(7)11(3)12(4)16(17)8;1-7-8(2)10(4)11(5,6)9(7)3;1-5-6(2)8(4)9-7(5)3;1-7-5-6-9(3,4)8(7)2;1-5-3-4-7-6(5)2;1-7(2)5-3-4-6-7;2*1-2-4-5-3-1;;;;;;;;;;;;;;;;;;;;/h1-8H3;1-6H3;1-4H3;5-6H,1-4H3;3-4H,1-2H3;3-6H,1-2H3;2*1-4H;10*1H3;;;;;;;;;;/q;;;;;;;;10*-1;;;;;;;;;;. The van der Waals surface area contributed by atoms with Crippen molar-refractivity contribution in [2.75, 3.05) is 0 Å². The van der Waals surface area contributed by atoms with Crippen molar-refractivity contribution in [1.29, 1.82) is 0 Å². The molecule has 1 spiro atoms. The molecule has 5 aliphatic rings. The normalized spacial score (nSPS) is 14.2. The van der Waals surface area contributed by atoms with E-state index < -0.39 is 32.3 Å². The van der Waals surface area contributed by atoms with E-state index in [0.717, 1.165) is 17.3 Å². The Hall–Kier alpha value is 6.85. The van der Waals surface area contributed by atoms with Crippen molar-refractivity contribution in [3.63, 3.8) is 0 Å². The molecule has 4 aromatic rings. The molecule has 18 heteroatoms. The molecule has 0 amide bonds. The van der Waals surface area contributed by atoms with Crippen LogP contribution in [-0.4, -0.2) is 32.3 Å². The summed E-state index contributed by atoms with van der Waals surface area (Å²) in [5.41, 5.74) is 21.7. The first-order valence-corrected chi connectivity index (χ1v) is 37.3. The minimum atomic E-state index is -1.62.